The lowest BCUT2D eigenvalue weighted by Gasteiger charge is -2.29. The minimum absolute atomic E-state index is 0.0699. The Morgan fingerprint density at radius 3 is 2.21 bits per heavy atom. The van der Waals surface area contributed by atoms with Crippen LogP contribution < -0.4 is 21.3 Å². The Balaban J connectivity index is 1.12. The number of aryl methyl sites for hydroxylation is 1. The van der Waals surface area contributed by atoms with Gasteiger partial charge in [-0.25, -0.2) is 4.79 Å². The monoisotopic (exact) mass is 722 g/mol. The third-order valence-electron chi connectivity index (χ3n) is 10.4. The molecule has 0 bridgehead atoms. The molecule has 278 valence electrons. The van der Waals surface area contributed by atoms with Crippen molar-refractivity contribution < 1.29 is 29.4 Å². The molecule has 14 nitrogen and oxygen atoms in total. The van der Waals surface area contributed by atoms with Crippen LogP contribution in [0.5, 0.6) is 0 Å². The number of amides is 4. The molecule has 53 heavy (non-hydrogen) atoms. The van der Waals surface area contributed by atoms with Crippen LogP contribution in [0.4, 0.5) is 10.5 Å². The minimum Gasteiger partial charge on any atom is -0.465 e. The van der Waals surface area contributed by atoms with Crippen molar-refractivity contribution in [1.82, 2.24) is 36.6 Å². The Bertz CT molecular complexity index is 1870. The van der Waals surface area contributed by atoms with Crippen LogP contribution in [0.3, 0.4) is 0 Å². The number of aliphatic hydroxyl groups is 1. The second-order valence-corrected chi connectivity index (χ2v) is 14.2. The van der Waals surface area contributed by atoms with E-state index in [1.54, 1.807) is 24.3 Å². The second kappa shape index (κ2) is 17.3. The summed E-state index contributed by atoms with van der Waals surface area (Å²) in [6, 6.07) is 19.7. The lowest BCUT2D eigenvalue weighted by atomic mass is 9.81. The molecule has 2 aliphatic carbocycles. The van der Waals surface area contributed by atoms with Gasteiger partial charge in [0.1, 0.15) is 6.04 Å². The molecule has 14 heteroatoms. The standard InChI is InChI=1S/C39H46N8O6/c1-23-20-29(37(50)41-31-15-17-32(48)18-16-31)12-19-33(23)26-6-2-24(3-7-26)21-34(43-36(49)28-8-4-25(5-9-28)22-40-39(52)53)38(51)42-30-13-10-27(11-14-30)35-44-46-47-45-35/h2-3,6-7,10-14,19-20,25,28,31-32,34,40,48H,4-5,8-9,15-18,21-22H2,1H3,(H,41,50)(H,42,51)(H,43,49)(H,52,53)(H,44,45,46,47)/t25?,28?,31-,32-,34-/m0/s1. The summed E-state index contributed by atoms with van der Waals surface area (Å²) in [6.45, 7) is 2.33. The molecule has 4 aromatic rings. The fourth-order valence-electron chi connectivity index (χ4n) is 7.25. The van der Waals surface area contributed by atoms with Crippen LogP contribution in [-0.2, 0) is 16.0 Å². The van der Waals surface area contributed by atoms with Gasteiger partial charge in [0.2, 0.25) is 17.6 Å². The summed E-state index contributed by atoms with van der Waals surface area (Å²) in [6.07, 6.45) is 4.54. The van der Waals surface area contributed by atoms with E-state index in [1.165, 1.54) is 0 Å². The van der Waals surface area contributed by atoms with Crippen LogP contribution in [0.15, 0.2) is 66.7 Å². The van der Waals surface area contributed by atoms with Crippen molar-refractivity contribution in [2.45, 2.75) is 82.9 Å². The van der Waals surface area contributed by atoms with Gasteiger partial charge < -0.3 is 31.5 Å². The quantitative estimate of drug-likeness (QED) is 0.109. The first-order valence-corrected chi connectivity index (χ1v) is 18.2. The van der Waals surface area contributed by atoms with Gasteiger partial charge in [-0.05, 0) is 128 Å². The molecule has 2 fully saturated rings. The molecule has 1 aromatic heterocycles. The Labute approximate surface area is 307 Å². The molecule has 7 N–H and O–H groups in total. The van der Waals surface area contributed by atoms with Crippen LogP contribution in [-0.4, -0.2) is 79.4 Å². The number of hydrogen-bond donors (Lipinski definition) is 7. The maximum absolute atomic E-state index is 13.7. The molecule has 3 aromatic carbocycles. The summed E-state index contributed by atoms with van der Waals surface area (Å²) < 4.78 is 0. The van der Waals surface area contributed by atoms with Crippen LogP contribution >= 0.6 is 0 Å². The maximum Gasteiger partial charge on any atom is 0.404 e. The topological polar surface area (TPSA) is 211 Å². The maximum atomic E-state index is 13.7. The number of carbonyl (C=O) groups excluding carboxylic acids is 3. The van der Waals surface area contributed by atoms with Crippen LogP contribution in [0.25, 0.3) is 22.5 Å². The predicted molar refractivity (Wildman–Crippen MR) is 198 cm³/mol. The largest absolute Gasteiger partial charge is 0.465 e. The molecule has 1 heterocycles. The number of aromatic nitrogens is 4. The van der Waals surface area contributed by atoms with Gasteiger partial charge in [-0.15, -0.1) is 10.2 Å². The fraction of sp³-hybridized carbons (Fsp3) is 0.410. The Hall–Kier alpha value is -5.63. The van der Waals surface area contributed by atoms with Crippen molar-refractivity contribution in [3.63, 3.8) is 0 Å². The number of aromatic amines is 1. The number of H-pyrrole nitrogens is 1. The normalized spacial score (nSPS) is 20.5. The van der Waals surface area contributed by atoms with Crippen LogP contribution in [0, 0.1) is 18.8 Å². The second-order valence-electron chi connectivity index (χ2n) is 14.2. The first kappa shape index (κ1) is 37.1. The average molecular weight is 723 g/mol. The Kier molecular flexibility index (Phi) is 12.1. The van der Waals surface area contributed by atoms with Gasteiger partial charge in [0.05, 0.1) is 6.10 Å². The van der Waals surface area contributed by atoms with Crippen molar-refractivity contribution in [3.8, 4) is 22.5 Å². The average Bonchev–Trinajstić information content (AvgIpc) is 3.71. The van der Waals surface area contributed by atoms with E-state index in [-0.39, 0.29) is 48.1 Å². The zero-order chi connectivity index (χ0) is 37.3. The van der Waals surface area contributed by atoms with Gasteiger partial charge >= 0.3 is 6.09 Å². The van der Waals surface area contributed by atoms with Crippen LogP contribution in [0.1, 0.15) is 72.9 Å². The molecule has 0 aliphatic heterocycles. The number of carboxylic acid groups (broad SMARTS) is 1. The molecule has 2 saturated carbocycles. The first-order valence-electron chi connectivity index (χ1n) is 18.2. The van der Waals surface area contributed by atoms with E-state index in [0.717, 1.165) is 53.5 Å². The molecule has 1 atom stereocenters. The van der Waals surface area contributed by atoms with Gasteiger partial charge in [0, 0.05) is 41.7 Å². The van der Waals surface area contributed by atoms with E-state index in [0.29, 0.717) is 49.3 Å². The summed E-state index contributed by atoms with van der Waals surface area (Å²) in [4.78, 5) is 51.1. The van der Waals surface area contributed by atoms with Gasteiger partial charge in [-0.1, -0.05) is 30.3 Å². The summed E-state index contributed by atoms with van der Waals surface area (Å²) in [7, 11) is 0. The molecule has 4 amide bonds. The first-order chi connectivity index (χ1) is 25.6. The van der Waals surface area contributed by atoms with Crippen molar-refractivity contribution >= 4 is 29.5 Å². The van der Waals surface area contributed by atoms with Crippen LogP contribution in [0.2, 0.25) is 0 Å². The Morgan fingerprint density at radius 1 is 0.868 bits per heavy atom. The van der Waals surface area contributed by atoms with E-state index in [9.17, 15) is 24.3 Å². The predicted octanol–water partition coefficient (Wildman–Crippen LogP) is 4.62. The number of carbonyl (C=O) groups is 4. The number of hydrogen-bond acceptors (Lipinski definition) is 8. The van der Waals surface area contributed by atoms with Gasteiger partial charge in [-0.2, -0.15) is 5.21 Å². The molecule has 0 unspecified atom stereocenters. The highest BCUT2D eigenvalue weighted by atomic mass is 16.4. The molecule has 0 spiro atoms. The van der Waals surface area contributed by atoms with Gasteiger partial charge in [-0.3, -0.25) is 14.4 Å². The van der Waals surface area contributed by atoms with Gasteiger partial charge in [0.15, 0.2) is 0 Å². The summed E-state index contributed by atoms with van der Waals surface area (Å²) in [5.41, 5.74) is 5.62. The third-order valence-corrected chi connectivity index (χ3v) is 10.4. The number of nitrogens with one attached hydrogen (secondary N) is 5. The molecule has 6 rings (SSSR count). The summed E-state index contributed by atoms with van der Waals surface area (Å²) in [5, 5.41) is 44.2. The van der Waals surface area contributed by atoms with Crippen molar-refractivity contribution in [2.75, 3.05) is 11.9 Å². The molecular weight excluding hydrogens is 676 g/mol. The number of tetrazole rings is 1. The smallest absolute Gasteiger partial charge is 0.404 e. The molecular formula is C39H46N8O6. The number of rotatable bonds is 12. The molecule has 0 radical (unpaired) electrons. The van der Waals surface area contributed by atoms with E-state index >= 15 is 0 Å². The number of benzene rings is 3. The highest BCUT2D eigenvalue weighted by Gasteiger charge is 2.30. The molecule has 0 saturated heterocycles. The summed E-state index contributed by atoms with van der Waals surface area (Å²) >= 11 is 0. The fourth-order valence-corrected chi connectivity index (χ4v) is 7.25. The molecule has 2 aliphatic rings. The van der Waals surface area contributed by atoms with Crippen molar-refractivity contribution in [2.24, 2.45) is 11.8 Å². The SMILES string of the molecule is Cc1cc(C(=O)N[C@H]2CC[C@H](O)CC2)ccc1-c1ccc(C[C@H](NC(=O)C2CCC(CNC(=O)O)CC2)C(=O)Nc2ccc(-c3nn[nH]n3)cc2)cc1. The lowest BCUT2D eigenvalue weighted by molar-refractivity contribution is -0.130. The highest BCUT2D eigenvalue weighted by Crippen LogP contribution is 2.30. The number of anilines is 1. The van der Waals surface area contributed by atoms with Crippen molar-refractivity contribution in [1.29, 1.82) is 0 Å². The minimum atomic E-state index is -1.05. The zero-order valence-corrected chi connectivity index (χ0v) is 29.7. The zero-order valence-electron chi connectivity index (χ0n) is 29.7. The van der Waals surface area contributed by atoms with E-state index in [2.05, 4.69) is 41.9 Å². The van der Waals surface area contributed by atoms with E-state index in [1.807, 2.05) is 49.4 Å². The van der Waals surface area contributed by atoms with E-state index in [4.69, 9.17) is 5.11 Å². The Morgan fingerprint density at radius 2 is 1.57 bits per heavy atom. The third kappa shape index (κ3) is 10.0. The summed E-state index contributed by atoms with van der Waals surface area (Å²) in [5.74, 6) is -0.334. The van der Waals surface area contributed by atoms with Crippen molar-refractivity contribution in [3.05, 3.63) is 83.4 Å². The number of nitrogens with zero attached hydrogens (tertiary/aromatic N) is 3. The van der Waals surface area contributed by atoms with Gasteiger partial charge in [0.25, 0.3) is 5.91 Å². The number of aliphatic hydroxyl groups excluding tert-OH is 1. The van der Waals surface area contributed by atoms with E-state index < -0.39 is 12.1 Å². The highest BCUT2D eigenvalue weighted by molar-refractivity contribution is 5.98. The lowest BCUT2D eigenvalue weighted by Crippen LogP contribution is -2.48.